The quantitative estimate of drug-likeness (QED) is 0.0858. The molecule has 0 radical (unpaired) electrons. The number of aromatic hydroxyl groups is 2. The summed E-state index contributed by atoms with van der Waals surface area (Å²) in [5.41, 5.74) is -1.45. The van der Waals surface area contributed by atoms with Gasteiger partial charge in [0.25, 0.3) is 0 Å². The van der Waals surface area contributed by atoms with Gasteiger partial charge in [-0.05, 0) is 65.7 Å². The summed E-state index contributed by atoms with van der Waals surface area (Å²) < 4.78 is 4.14. The number of Topliss-reactive ketones (excluding diaryl/α,β-unsaturated/α-hetero) is 4. The first-order valence-corrected chi connectivity index (χ1v) is 21.3. The SMILES string of the molecule is CCOC(=O)C(=O)N1CCC(Sc2cc(C(=O)CC(C)(C)C)c(O)c(C(=O)CC(C)(C)C)c2)(Sc2cc(C(=O)CC(C)(C)C)c(O)c(C(=O)CC(C)(C)C)c2)CC1. The Morgan fingerprint density at radius 2 is 0.860 bits per heavy atom. The number of carbonyl (C=O) groups is 6. The van der Waals surface area contributed by atoms with Gasteiger partial charge in [-0.2, -0.15) is 0 Å². The molecule has 0 spiro atoms. The zero-order valence-corrected chi connectivity index (χ0v) is 37.8. The largest absolute Gasteiger partial charge is 0.506 e. The van der Waals surface area contributed by atoms with Crippen LogP contribution < -0.4 is 0 Å². The van der Waals surface area contributed by atoms with E-state index in [-0.39, 0.29) is 102 Å². The molecule has 0 aliphatic carbocycles. The van der Waals surface area contributed by atoms with E-state index in [9.17, 15) is 39.0 Å². The molecule has 0 saturated carbocycles. The van der Waals surface area contributed by atoms with Gasteiger partial charge in [0.15, 0.2) is 23.1 Å². The Balaban J connectivity index is 2.27. The first-order valence-electron chi connectivity index (χ1n) is 19.6. The first-order chi connectivity index (χ1) is 25.9. The third-order valence-corrected chi connectivity index (χ3v) is 12.0. The molecule has 12 heteroatoms. The lowest BCUT2D eigenvalue weighted by Crippen LogP contribution is -2.46. The number of nitrogens with zero attached hydrogens (tertiary/aromatic N) is 1. The Bertz CT molecular complexity index is 1670. The highest BCUT2D eigenvalue weighted by atomic mass is 32.2. The summed E-state index contributed by atoms with van der Waals surface area (Å²) in [5, 5.41) is 22.9. The average Bonchev–Trinajstić information content (AvgIpc) is 3.03. The third-order valence-electron chi connectivity index (χ3n) is 9.00. The van der Waals surface area contributed by atoms with Crippen LogP contribution >= 0.6 is 23.5 Å². The minimum Gasteiger partial charge on any atom is -0.506 e. The monoisotopic (exact) mass is 825 g/mol. The third kappa shape index (κ3) is 14.0. The topological polar surface area (TPSA) is 155 Å². The van der Waals surface area contributed by atoms with Gasteiger partial charge in [0.05, 0.1) is 32.9 Å². The van der Waals surface area contributed by atoms with Crippen molar-refractivity contribution in [3.63, 3.8) is 0 Å². The summed E-state index contributed by atoms with van der Waals surface area (Å²) in [6, 6.07) is 6.42. The number of likely N-dealkylation sites (tertiary alicyclic amines) is 1. The Morgan fingerprint density at radius 1 is 0.579 bits per heavy atom. The maximum Gasteiger partial charge on any atom is 0.397 e. The summed E-state index contributed by atoms with van der Waals surface area (Å²) in [6.45, 7) is 25.0. The standard InChI is InChI=1S/C45H63NO9S2/c1-14-55-40(54)39(53)46-17-15-45(16-18-46,56-27-19-29(33(47)23-41(2,3)4)37(51)30(20-27)34(48)24-42(5,6)7)57-28-21-31(35(49)25-43(8,9)10)38(52)32(22-28)36(50)26-44(11,12)13/h19-22,51-52H,14-18,23-26H2,1-13H3. The molecule has 1 aliphatic rings. The number of benzene rings is 2. The van der Waals surface area contributed by atoms with Crippen molar-refractivity contribution in [3.8, 4) is 11.5 Å². The number of esters is 1. The highest BCUT2D eigenvalue weighted by molar-refractivity contribution is 8.18. The van der Waals surface area contributed by atoms with Crippen LogP contribution in [0, 0.1) is 21.7 Å². The second-order valence-electron chi connectivity index (χ2n) is 20.0. The smallest absolute Gasteiger partial charge is 0.397 e. The van der Waals surface area contributed by atoms with Gasteiger partial charge in [0.1, 0.15) is 11.5 Å². The number of ketones is 4. The normalized spacial score (nSPS) is 14.9. The van der Waals surface area contributed by atoms with Crippen LogP contribution in [0.2, 0.25) is 0 Å². The number of piperidine rings is 1. The van der Waals surface area contributed by atoms with Crippen LogP contribution in [0.15, 0.2) is 34.1 Å². The molecule has 2 N–H and O–H groups in total. The lowest BCUT2D eigenvalue weighted by molar-refractivity contribution is -0.160. The Hall–Kier alpha value is -3.64. The van der Waals surface area contributed by atoms with Gasteiger partial charge in [-0.1, -0.05) is 83.1 Å². The zero-order valence-electron chi connectivity index (χ0n) is 36.2. The van der Waals surface area contributed by atoms with Crippen LogP contribution in [-0.2, 0) is 14.3 Å². The van der Waals surface area contributed by atoms with Gasteiger partial charge in [-0.3, -0.25) is 24.0 Å². The van der Waals surface area contributed by atoms with Crippen molar-refractivity contribution in [2.75, 3.05) is 19.7 Å². The van der Waals surface area contributed by atoms with E-state index >= 15 is 0 Å². The van der Waals surface area contributed by atoms with E-state index < -0.39 is 37.6 Å². The molecule has 57 heavy (non-hydrogen) atoms. The van der Waals surface area contributed by atoms with Gasteiger partial charge in [-0.25, -0.2) is 4.79 Å². The van der Waals surface area contributed by atoms with Crippen LogP contribution in [0.25, 0.3) is 0 Å². The average molecular weight is 826 g/mol. The number of hydrogen-bond donors (Lipinski definition) is 2. The van der Waals surface area contributed by atoms with Crippen molar-refractivity contribution in [1.29, 1.82) is 0 Å². The lowest BCUT2D eigenvalue weighted by atomic mass is 9.85. The Kier molecular flexibility index (Phi) is 15.2. The summed E-state index contributed by atoms with van der Waals surface area (Å²) in [5.74, 6) is -3.68. The summed E-state index contributed by atoms with van der Waals surface area (Å²) in [7, 11) is 0. The summed E-state index contributed by atoms with van der Waals surface area (Å²) in [4.78, 5) is 83.1. The van der Waals surface area contributed by atoms with E-state index in [1.807, 2.05) is 83.1 Å². The number of amides is 1. The summed E-state index contributed by atoms with van der Waals surface area (Å²) >= 11 is 2.72. The molecule has 3 rings (SSSR count). The number of thioether (sulfide) groups is 2. The molecule has 314 valence electrons. The van der Waals surface area contributed by atoms with E-state index in [0.717, 1.165) is 0 Å². The van der Waals surface area contributed by atoms with E-state index in [2.05, 4.69) is 0 Å². The van der Waals surface area contributed by atoms with Crippen molar-refractivity contribution in [2.45, 2.75) is 142 Å². The minimum absolute atomic E-state index is 0.0389. The minimum atomic E-state index is -0.949. The number of carbonyl (C=O) groups excluding carboxylic acids is 6. The fourth-order valence-corrected chi connectivity index (χ4v) is 9.60. The van der Waals surface area contributed by atoms with Crippen molar-refractivity contribution >= 4 is 58.5 Å². The molecule has 1 aliphatic heterocycles. The molecule has 2 aromatic rings. The second kappa shape index (κ2) is 18.1. The van der Waals surface area contributed by atoms with E-state index in [1.54, 1.807) is 31.2 Å². The highest BCUT2D eigenvalue weighted by Gasteiger charge is 2.41. The number of ether oxygens (including phenoxy) is 1. The van der Waals surface area contributed by atoms with E-state index in [4.69, 9.17) is 4.74 Å². The Morgan fingerprint density at radius 3 is 1.11 bits per heavy atom. The van der Waals surface area contributed by atoms with Crippen molar-refractivity contribution < 1.29 is 43.7 Å². The van der Waals surface area contributed by atoms with Crippen LogP contribution in [0.5, 0.6) is 11.5 Å². The van der Waals surface area contributed by atoms with E-state index in [0.29, 0.717) is 22.6 Å². The van der Waals surface area contributed by atoms with Gasteiger partial charge >= 0.3 is 11.9 Å². The van der Waals surface area contributed by atoms with Crippen molar-refractivity contribution in [3.05, 3.63) is 46.5 Å². The lowest BCUT2D eigenvalue weighted by Gasteiger charge is -2.41. The molecule has 0 aromatic heterocycles. The van der Waals surface area contributed by atoms with Gasteiger partial charge in [0.2, 0.25) is 0 Å². The molecule has 0 unspecified atom stereocenters. The number of hydrogen-bond acceptors (Lipinski definition) is 11. The fraction of sp³-hybridized carbons (Fsp3) is 0.600. The molecule has 1 saturated heterocycles. The van der Waals surface area contributed by atoms with Crippen molar-refractivity contribution in [1.82, 2.24) is 4.90 Å². The van der Waals surface area contributed by atoms with Crippen LogP contribution in [0.4, 0.5) is 0 Å². The van der Waals surface area contributed by atoms with Gasteiger partial charge < -0.3 is 19.8 Å². The van der Waals surface area contributed by atoms with Crippen LogP contribution in [0.3, 0.4) is 0 Å². The maximum absolute atomic E-state index is 13.8. The number of rotatable bonds is 13. The first kappa shape index (κ1) is 47.7. The molecular weight excluding hydrogens is 763 g/mol. The molecule has 2 aromatic carbocycles. The van der Waals surface area contributed by atoms with E-state index in [1.165, 1.54) is 28.4 Å². The maximum atomic E-state index is 13.8. The molecule has 1 fully saturated rings. The summed E-state index contributed by atoms with van der Waals surface area (Å²) in [6.07, 6.45) is 1.10. The van der Waals surface area contributed by atoms with Gasteiger partial charge in [-0.15, -0.1) is 23.5 Å². The molecule has 1 amide bonds. The molecular formula is C45H63NO9S2. The van der Waals surface area contributed by atoms with Gasteiger partial charge in [0, 0.05) is 48.6 Å². The molecule has 0 atom stereocenters. The Labute approximate surface area is 347 Å². The molecule has 10 nitrogen and oxygen atoms in total. The molecule has 0 bridgehead atoms. The number of phenols is 2. The highest BCUT2D eigenvalue weighted by Crippen LogP contribution is 2.54. The zero-order chi connectivity index (χ0) is 43.5. The predicted molar refractivity (Wildman–Crippen MR) is 227 cm³/mol. The van der Waals surface area contributed by atoms with Crippen LogP contribution in [0.1, 0.15) is 170 Å². The predicted octanol–water partition coefficient (Wildman–Crippen LogP) is 10.3. The molecule has 1 heterocycles. The van der Waals surface area contributed by atoms with Crippen LogP contribution in [-0.4, -0.2) is 73.9 Å². The second-order valence-corrected chi connectivity index (χ2v) is 23.2. The van der Waals surface area contributed by atoms with Crippen molar-refractivity contribution in [2.24, 2.45) is 21.7 Å². The fourth-order valence-electron chi connectivity index (χ4n) is 6.52. The number of phenolic OH excluding ortho intramolecular Hbond substituents is 2.